The van der Waals surface area contributed by atoms with Crippen LogP contribution in [0.2, 0.25) is 0 Å². The summed E-state index contributed by atoms with van der Waals surface area (Å²) in [5.41, 5.74) is -0.980. The highest BCUT2D eigenvalue weighted by Gasteiger charge is 2.37. The first-order chi connectivity index (χ1) is 12.5. The maximum Gasteiger partial charge on any atom is 0.491 e. The van der Waals surface area contributed by atoms with Gasteiger partial charge >= 0.3 is 13.3 Å². The van der Waals surface area contributed by atoms with E-state index >= 15 is 0 Å². The van der Waals surface area contributed by atoms with Gasteiger partial charge < -0.3 is 15.0 Å². The van der Waals surface area contributed by atoms with Crippen molar-refractivity contribution in [1.29, 1.82) is 0 Å². The van der Waals surface area contributed by atoms with Crippen LogP contribution in [0.15, 0.2) is 36.4 Å². The molecule has 0 saturated heterocycles. The summed E-state index contributed by atoms with van der Waals surface area (Å²) in [6.45, 7) is 4.14. The van der Waals surface area contributed by atoms with Crippen LogP contribution >= 0.6 is 0 Å². The van der Waals surface area contributed by atoms with Crippen molar-refractivity contribution in [3.05, 3.63) is 58.9 Å². The molecule has 9 heteroatoms. The second-order valence-electron chi connectivity index (χ2n) is 6.99. The molecule has 0 bridgehead atoms. The second kappa shape index (κ2) is 6.65. The van der Waals surface area contributed by atoms with Crippen LogP contribution in [0.5, 0.6) is 0 Å². The molecule has 27 heavy (non-hydrogen) atoms. The Morgan fingerprint density at radius 1 is 1.22 bits per heavy atom. The van der Waals surface area contributed by atoms with Crippen molar-refractivity contribution < 1.29 is 32.0 Å². The number of hydrogen-bond donors (Lipinski definition) is 2. The number of anilines is 1. The quantitative estimate of drug-likeness (QED) is 0.621. The highest BCUT2D eigenvalue weighted by Crippen LogP contribution is 2.33. The molecule has 3 rings (SSSR count). The van der Waals surface area contributed by atoms with Gasteiger partial charge in [0, 0.05) is 17.7 Å². The number of fused-ring (bicyclic) bond motifs is 1. The van der Waals surface area contributed by atoms with Crippen molar-refractivity contribution in [2.45, 2.75) is 25.4 Å². The predicted octanol–water partition coefficient (Wildman–Crippen LogP) is 3.09. The molecule has 0 saturated carbocycles. The summed E-state index contributed by atoms with van der Waals surface area (Å²) in [5.74, 6) is -2.12. The third kappa shape index (κ3) is 3.84. The van der Waals surface area contributed by atoms with E-state index in [1.807, 2.05) is 13.8 Å². The number of amides is 1. The van der Waals surface area contributed by atoms with Crippen molar-refractivity contribution in [3.8, 4) is 0 Å². The smallest absolute Gasteiger partial charge is 0.423 e. The number of benzene rings is 2. The maximum atomic E-state index is 13.2. The van der Waals surface area contributed by atoms with E-state index in [0.29, 0.717) is 12.1 Å². The van der Waals surface area contributed by atoms with Gasteiger partial charge in [-0.05, 0) is 41.4 Å². The predicted molar refractivity (Wildman–Crippen MR) is 92.4 cm³/mol. The summed E-state index contributed by atoms with van der Waals surface area (Å²) >= 11 is 0. The minimum Gasteiger partial charge on any atom is -0.423 e. The van der Waals surface area contributed by atoms with E-state index in [2.05, 4.69) is 5.32 Å². The molecule has 4 nitrogen and oxygen atoms in total. The normalized spacial score (nSPS) is 16.0. The molecule has 2 aromatic carbocycles. The molecule has 142 valence electrons. The van der Waals surface area contributed by atoms with Gasteiger partial charge in [-0.15, -0.1) is 0 Å². The van der Waals surface area contributed by atoms with E-state index in [9.17, 15) is 27.4 Å². The van der Waals surface area contributed by atoms with Crippen LogP contribution in [0, 0.1) is 5.82 Å². The summed E-state index contributed by atoms with van der Waals surface area (Å²) in [5, 5.41) is 12.4. The Labute approximate surface area is 153 Å². The first-order valence-electron chi connectivity index (χ1n) is 8.11. The van der Waals surface area contributed by atoms with Gasteiger partial charge in [-0.25, -0.2) is 4.39 Å². The molecule has 0 aliphatic carbocycles. The molecule has 0 spiro atoms. The molecular weight excluding hydrogens is 365 g/mol. The maximum absolute atomic E-state index is 13.2. The molecule has 0 aromatic heterocycles. The Bertz CT molecular complexity index is 899. The molecule has 0 unspecified atom stereocenters. The van der Waals surface area contributed by atoms with Gasteiger partial charge in [0.25, 0.3) is 5.91 Å². The first-order valence-corrected chi connectivity index (χ1v) is 8.11. The van der Waals surface area contributed by atoms with Gasteiger partial charge in [-0.2, -0.15) is 13.2 Å². The Morgan fingerprint density at radius 2 is 1.93 bits per heavy atom. The third-order valence-electron chi connectivity index (χ3n) is 4.44. The monoisotopic (exact) mass is 381 g/mol. The zero-order chi connectivity index (χ0) is 20.0. The van der Waals surface area contributed by atoms with E-state index in [0.717, 1.165) is 17.7 Å². The van der Waals surface area contributed by atoms with Crippen LogP contribution in [0.3, 0.4) is 0 Å². The summed E-state index contributed by atoms with van der Waals surface area (Å²) in [6.07, 6.45) is -4.88. The largest absolute Gasteiger partial charge is 0.491 e. The van der Waals surface area contributed by atoms with Gasteiger partial charge in [-0.3, -0.25) is 4.79 Å². The zero-order valence-electron chi connectivity index (χ0n) is 14.5. The number of halogens is 4. The lowest BCUT2D eigenvalue weighted by molar-refractivity contribution is -0.138. The SMILES string of the molecule is CC1(C)COB(O)c2cc(NC(=O)c3ccc(F)cc3C(F)(F)F)ccc21. The fraction of sp³-hybridized carbons (Fsp3) is 0.278. The topological polar surface area (TPSA) is 58.6 Å². The van der Waals surface area contributed by atoms with Gasteiger partial charge in [0.05, 0.1) is 11.1 Å². The molecule has 1 aliphatic heterocycles. The van der Waals surface area contributed by atoms with E-state index in [-0.39, 0.29) is 17.2 Å². The lowest BCUT2D eigenvalue weighted by atomic mass is 9.66. The van der Waals surface area contributed by atoms with Gasteiger partial charge in [0.1, 0.15) is 5.82 Å². The number of alkyl halides is 3. The molecule has 0 atom stereocenters. The van der Waals surface area contributed by atoms with E-state index < -0.39 is 36.1 Å². The van der Waals surface area contributed by atoms with Crippen molar-refractivity contribution in [1.82, 2.24) is 0 Å². The average Bonchev–Trinajstić information content (AvgIpc) is 2.57. The molecule has 1 heterocycles. The average molecular weight is 381 g/mol. The van der Waals surface area contributed by atoms with E-state index in [1.54, 1.807) is 6.07 Å². The fourth-order valence-corrected chi connectivity index (χ4v) is 3.06. The Kier molecular flexibility index (Phi) is 4.77. The van der Waals surface area contributed by atoms with Crippen molar-refractivity contribution in [2.24, 2.45) is 0 Å². The number of carbonyl (C=O) groups is 1. The lowest BCUT2D eigenvalue weighted by Gasteiger charge is -2.34. The summed E-state index contributed by atoms with van der Waals surface area (Å²) in [7, 11) is -1.19. The Hall–Kier alpha value is -2.39. The molecule has 0 fully saturated rings. The van der Waals surface area contributed by atoms with E-state index in [4.69, 9.17) is 4.65 Å². The summed E-state index contributed by atoms with van der Waals surface area (Å²) in [4.78, 5) is 12.3. The first kappa shape index (κ1) is 19.4. The minimum atomic E-state index is -4.88. The molecule has 1 aliphatic rings. The number of nitrogens with one attached hydrogen (secondary N) is 1. The standard InChI is InChI=1S/C18H16BF4NO3/c1-17(2)9-27-19(26)15-8-11(4-6-13(15)17)24-16(25)12-5-3-10(20)7-14(12)18(21,22)23/h3-8,26H,9H2,1-2H3,(H,24,25). The second-order valence-corrected chi connectivity index (χ2v) is 6.99. The number of hydrogen-bond acceptors (Lipinski definition) is 3. The van der Waals surface area contributed by atoms with Gasteiger partial charge in [0.15, 0.2) is 0 Å². The molecule has 2 aromatic rings. The number of carbonyl (C=O) groups excluding carboxylic acids is 1. The van der Waals surface area contributed by atoms with Crippen LogP contribution < -0.4 is 10.8 Å². The Balaban J connectivity index is 1.93. The van der Waals surface area contributed by atoms with Crippen molar-refractivity contribution >= 4 is 24.2 Å². The van der Waals surface area contributed by atoms with Crippen LogP contribution in [0.25, 0.3) is 0 Å². The van der Waals surface area contributed by atoms with Gasteiger partial charge in [-0.1, -0.05) is 19.9 Å². The fourth-order valence-electron chi connectivity index (χ4n) is 3.06. The highest BCUT2D eigenvalue weighted by molar-refractivity contribution is 6.61. The molecule has 0 radical (unpaired) electrons. The molecule has 1 amide bonds. The third-order valence-corrected chi connectivity index (χ3v) is 4.44. The van der Waals surface area contributed by atoms with E-state index in [1.165, 1.54) is 12.1 Å². The van der Waals surface area contributed by atoms with Crippen LogP contribution in [-0.4, -0.2) is 24.7 Å². The lowest BCUT2D eigenvalue weighted by Crippen LogP contribution is -2.48. The number of rotatable bonds is 2. The van der Waals surface area contributed by atoms with Crippen molar-refractivity contribution in [3.63, 3.8) is 0 Å². The molecular formula is C18H16BF4NO3. The van der Waals surface area contributed by atoms with Gasteiger partial charge in [0.2, 0.25) is 0 Å². The zero-order valence-corrected chi connectivity index (χ0v) is 14.5. The van der Waals surface area contributed by atoms with Crippen molar-refractivity contribution in [2.75, 3.05) is 11.9 Å². The van der Waals surface area contributed by atoms with Crippen LogP contribution in [-0.2, 0) is 16.2 Å². The molecule has 2 N–H and O–H groups in total. The summed E-state index contributed by atoms with van der Waals surface area (Å²) < 4.78 is 57.8. The van der Waals surface area contributed by atoms with Crippen LogP contribution in [0.1, 0.15) is 35.3 Å². The van der Waals surface area contributed by atoms with Crippen LogP contribution in [0.4, 0.5) is 23.2 Å². The highest BCUT2D eigenvalue weighted by atomic mass is 19.4. The minimum absolute atomic E-state index is 0.191. The Morgan fingerprint density at radius 3 is 2.59 bits per heavy atom. The summed E-state index contributed by atoms with van der Waals surface area (Å²) in [6, 6.07) is 6.53.